The maximum absolute atomic E-state index is 11.7. The van der Waals surface area contributed by atoms with Crippen LogP contribution in [0.1, 0.15) is 27.0 Å². The summed E-state index contributed by atoms with van der Waals surface area (Å²) in [6, 6.07) is 0. The van der Waals surface area contributed by atoms with Crippen molar-refractivity contribution >= 4 is 34.9 Å². The van der Waals surface area contributed by atoms with E-state index in [1.54, 1.807) is 0 Å². The van der Waals surface area contributed by atoms with E-state index in [-0.39, 0.29) is 12.4 Å². The lowest BCUT2D eigenvalue weighted by Crippen LogP contribution is -2.55. The van der Waals surface area contributed by atoms with Crippen LogP contribution in [-0.4, -0.2) is 62.3 Å². The van der Waals surface area contributed by atoms with Crippen molar-refractivity contribution in [2.24, 2.45) is 0 Å². The first kappa shape index (κ1) is 19.5. The van der Waals surface area contributed by atoms with Gasteiger partial charge in [0.05, 0.1) is 12.9 Å². The van der Waals surface area contributed by atoms with Gasteiger partial charge in [0.25, 0.3) is 0 Å². The molecule has 12 nitrogen and oxygen atoms in total. The minimum Gasteiger partial charge on any atom is -0.456 e. The summed E-state index contributed by atoms with van der Waals surface area (Å²) < 4.78 is 23.2. The number of nitrogens with zero attached hydrogens (tertiary/aromatic N) is 4. The molecule has 150 valence electrons. The van der Waals surface area contributed by atoms with E-state index in [1.165, 1.54) is 38.0 Å². The van der Waals surface area contributed by atoms with E-state index in [0.29, 0.717) is 11.2 Å². The smallest absolute Gasteiger partial charge is 0.303 e. The highest BCUT2D eigenvalue weighted by atomic mass is 16.6. The van der Waals surface area contributed by atoms with Gasteiger partial charge in [0.15, 0.2) is 36.0 Å². The molecule has 0 amide bonds. The molecule has 2 N–H and O–H groups in total. The van der Waals surface area contributed by atoms with Crippen molar-refractivity contribution in [3.05, 3.63) is 12.7 Å². The number of rotatable bonds is 4. The number of ether oxygens (including phenoxy) is 4. The zero-order valence-corrected chi connectivity index (χ0v) is 15.4. The Morgan fingerprint density at radius 3 is 2.32 bits per heavy atom. The number of anilines is 1. The fraction of sp³-hybridized carbons (Fsp3) is 0.500. The molecular formula is C16H19N5O7. The summed E-state index contributed by atoms with van der Waals surface area (Å²) in [7, 11) is 0. The van der Waals surface area contributed by atoms with Crippen LogP contribution in [0, 0.1) is 0 Å². The van der Waals surface area contributed by atoms with Gasteiger partial charge >= 0.3 is 17.9 Å². The Hall–Kier alpha value is -3.28. The first-order valence-electron chi connectivity index (χ1n) is 8.34. The van der Waals surface area contributed by atoms with Crippen LogP contribution < -0.4 is 5.73 Å². The predicted molar refractivity (Wildman–Crippen MR) is 91.4 cm³/mol. The molecular weight excluding hydrogens is 374 g/mol. The molecule has 0 aliphatic carbocycles. The van der Waals surface area contributed by atoms with Gasteiger partial charge in [-0.25, -0.2) is 15.0 Å². The van der Waals surface area contributed by atoms with Crippen molar-refractivity contribution in [3.8, 4) is 0 Å². The number of fused-ring (bicyclic) bond motifs is 1. The predicted octanol–water partition coefficient (Wildman–Crippen LogP) is -0.268. The topological polar surface area (TPSA) is 158 Å². The third-order valence-corrected chi connectivity index (χ3v) is 3.99. The molecule has 3 rings (SSSR count). The lowest BCUT2D eigenvalue weighted by Gasteiger charge is -2.40. The number of hydrogen-bond donors (Lipinski definition) is 1. The van der Waals surface area contributed by atoms with Crippen LogP contribution >= 0.6 is 0 Å². The van der Waals surface area contributed by atoms with Crippen molar-refractivity contribution in [2.75, 3.05) is 12.3 Å². The average molecular weight is 393 g/mol. The molecule has 0 bridgehead atoms. The Kier molecular flexibility index (Phi) is 5.40. The van der Waals surface area contributed by atoms with Crippen LogP contribution in [0.15, 0.2) is 12.7 Å². The van der Waals surface area contributed by atoms with Crippen molar-refractivity contribution < 1.29 is 33.3 Å². The van der Waals surface area contributed by atoms with Gasteiger partial charge < -0.3 is 24.7 Å². The van der Waals surface area contributed by atoms with Crippen LogP contribution in [0.4, 0.5) is 5.82 Å². The summed E-state index contributed by atoms with van der Waals surface area (Å²) in [6.45, 7) is 3.49. The lowest BCUT2D eigenvalue weighted by molar-refractivity contribution is -0.239. The fourth-order valence-electron chi connectivity index (χ4n) is 3.02. The monoisotopic (exact) mass is 393 g/mol. The standard InChI is InChI=1S/C16H19N5O7/c1-7(22)26-10-4-25-16(13(28-9(3)24)12(10)27-8(2)23)21-6-20-11-14(17)18-5-19-15(11)21/h5-6,10,12-13,16H,4H2,1-3H3,(H2,17,18,19). The summed E-state index contributed by atoms with van der Waals surface area (Å²) in [5.41, 5.74) is 6.47. The highest BCUT2D eigenvalue weighted by Gasteiger charge is 2.48. The highest BCUT2D eigenvalue weighted by molar-refractivity contribution is 5.81. The van der Waals surface area contributed by atoms with Crippen LogP contribution in [0.5, 0.6) is 0 Å². The summed E-state index contributed by atoms with van der Waals surface area (Å²) in [4.78, 5) is 46.9. The molecule has 3 heterocycles. The van der Waals surface area contributed by atoms with Crippen molar-refractivity contribution in [1.82, 2.24) is 19.5 Å². The van der Waals surface area contributed by atoms with Crippen LogP contribution in [0.2, 0.25) is 0 Å². The largest absolute Gasteiger partial charge is 0.456 e. The van der Waals surface area contributed by atoms with Gasteiger partial charge in [-0.05, 0) is 0 Å². The molecule has 2 aromatic heterocycles. The molecule has 0 aromatic carbocycles. The van der Waals surface area contributed by atoms with E-state index in [2.05, 4.69) is 15.0 Å². The Morgan fingerprint density at radius 2 is 1.68 bits per heavy atom. The number of carbonyl (C=O) groups is 3. The lowest BCUT2D eigenvalue weighted by atomic mass is 10.0. The maximum Gasteiger partial charge on any atom is 0.303 e. The van der Waals surface area contributed by atoms with Crippen LogP contribution in [0.25, 0.3) is 11.2 Å². The second-order valence-electron chi connectivity index (χ2n) is 6.10. The maximum atomic E-state index is 11.7. The fourth-order valence-corrected chi connectivity index (χ4v) is 3.02. The van der Waals surface area contributed by atoms with Gasteiger partial charge in [-0.2, -0.15) is 0 Å². The van der Waals surface area contributed by atoms with Gasteiger partial charge in [-0.15, -0.1) is 0 Å². The first-order chi connectivity index (χ1) is 13.3. The number of aromatic nitrogens is 4. The molecule has 2 aromatic rings. The minimum absolute atomic E-state index is 0.111. The Bertz CT molecular complexity index is 914. The molecule has 0 spiro atoms. The van der Waals surface area contributed by atoms with E-state index in [0.717, 1.165) is 0 Å². The minimum atomic E-state index is -1.13. The molecule has 4 atom stereocenters. The normalized spacial score (nSPS) is 24.5. The van der Waals surface area contributed by atoms with E-state index in [4.69, 9.17) is 24.7 Å². The van der Waals surface area contributed by atoms with Crippen molar-refractivity contribution in [3.63, 3.8) is 0 Å². The molecule has 0 radical (unpaired) electrons. The third kappa shape index (κ3) is 3.86. The molecule has 1 fully saturated rings. The first-order valence-corrected chi connectivity index (χ1v) is 8.34. The van der Waals surface area contributed by atoms with Gasteiger partial charge in [0, 0.05) is 20.8 Å². The summed E-state index contributed by atoms with van der Waals surface area (Å²) in [5, 5.41) is 0. The second kappa shape index (κ2) is 7.76. The number of esters is 3. The third-order valence-electron chi connectivity index (χ3n) is 3.99. The van der Waals surface area contributed by atoms with E-state index >= 15 is 0 Å². The van der Waals surface area contributed by atoms with Crippen LogP contribution in [0.3, 0.4) is 0 Å². The zero-order valence-electron chi connectivity index (χ0n) is 15.4. The number of imidazole rings is 1. The number of nitrogens with two attached hydrogens (primary N) is 1. The number of carbonyl (C=O) groups excluding carboxylic acids is 3. The molecule has 12 heteroatoms. The molecule has 1 aliphatic rings. The molecule has 1 saturated heterocycles. The van der Waals surface area contributed by atoms with E-state index in [9.17, 15) is 14.4 Å². The van der Waals surface area contributed by atoms with Gasteiger partial charge in [0.1, 0.15) is 11.8 Å². The van der Waals surface area contributed by atoms with Gasteiger partial charge in [0.2, 0.25) is 0 Å². The highest BCUT2D eigenvalue weighted by Crippen LogP contribution is 2.32. The SMILES string of the molecule is CC(=O)OC1COC(n2cnc3c(N)ncnc32)C(OC(C)=O)C1OC(C)=O. The molecule has 1 aliphatic heterocycles. The second-order valence-corrected chi connectivity index (χ2v) is 6.10. The molecule has 4 unspecified atom stereocenters. The Balaban J connectivity index is 2.03. The summed E-state index contributed by atoms with van der Waals surface area (Å²) in [5.74, 6) is -1.71. The van der Waals surface area contributed by atoms with Crippen molar-refractivity contribution in [2.45, 2.75) is 45.3 Å². The zero-order chi connectivity index (χ0) is 20.4. The molecule has 28 heavy (non-hydrogen) atoms. The quantitative estimate of drug-likeness (QED) is 0.538. The average Bonchev–Trinajstić information content (AvgIpc) is 3.02. The summed E-state index contributed by atoms with van der Waals surface area (Å²) in [6.07, 6.45) is -1.50. The Morgan fingerprint density at radius 1 is 1.04 bits per heavy atom. The Labute approximate surface area is 158 Å². The number of hydrogen-bond acceptors (Lipinski definition) is 11. The van der Waals surface area contributed by atoms with E-state index in [1.807, 2.05) is 0 Å². The summed E-state index contributed by atoms with van der Waals surface area (Å²) >= 11 is 0. The van der Waals surface area contributed by atoms with Gasteiger partial charge in [-0.3, -0.25) is 19.0 Å². The van der Waals surface area contributed by atoms with Gasteiger partial charge in [-0.1, -0.05) is 0 Å². The number of nitrogen functional groups attached to an aromatic ring is 1. The van der Waals surface area contributed by atoms with E-state index < -0.39 is 42.4 Å². The molecule has 0 saturated carbocycles. The van der Waals surface area contributed by atoms with Crippen molar-refractivity contribution in [1.29, 1.82) is 0 Å². The van der Waals surface area contributed by atoms with Crippen LogP contribution in [-0.2, 0) is 33.3 Å².